The standard InChI is InChI=1S/C16H19N3O2.ClH/c1-2-13-9-18-15(21-13)10-19-16(20)14-7-11-5-3-4-6-12(11)8-17-14;/h3-6,9,14,17H,2,7-8,10H2,1H3,(H,19,20);1H. The Balaban J connectivity index is 0.00000176. The molecule has 1 atom stereocenters. The monoisotopic (exact) mass is 321 g/mol. The molecule has 6 heteroatoms. The first-order valence-electron chi connectivity index (χ1n) is 7.27. The van der Waals surface area contributed by atoms with Gasteiger partial charge in [-0.25, -0.2) is 4.98 Å². The first kappa shape index (κ1) is 16.5. The van der Waals surface area contributed by atoms with Crippen molar-refractivity contribution in [1.29, 1.82) is 0 Å². The van der Waals surface area contributed by atoms with Gasteiger partial charge in [-0.15, -0.1) is 12.4 Å². The number of nitrogens with zero attached hydrogens (tertiary/aromatic N) is 1. The molecule has 2 N–H and O–H groups in total. The molecule has 1 aliphatic rings. The van der Waals surface area contributed by atoms with Gasteiger partial charge in [-0.1, -0.05) is 31.2 Å². The van der Waals surface area contributed by atoms with E-state index in [0.29, 0.717) is 18.9 Å². The Labute approximate surface area is 135 Å². The predicted octanol–water partition coefficient (Wildman–Crippen LogP) is 1.99. The first-order chi connectivity index (χ1) is 10.3. The molecule has 1 aromatic carbocycles. The van der Waals surface area contributed by atoms with Crippen LogP contribution in [0.3, 0.4) is 0 Å². The number of halogens is 1. The molecule has 0 saturated heterocycles. The van der Waals surface area contributed by atoms with Crippen molar-refractivity contribution >= 4 is 18.3 Å². The molecule has 0 spiro atoms. The van der Waals surface area contributed by atoms with Crippen molar-refractivity contribution in [2.24, 2.45) is 0 Å². The van der Waals surface area contributed by atoms with Crippen molar-refractivity contribution in [2.75, 3.05) is 0 Å². The quantitative estimate of drug-likeness (QED) is 0.903. The van der Waals surface area contributed by atoms with E-state index in [2.05, 4.69) is 27.8 Å². The SMILES string of the molecule is CCc1cnc(CNC(=O)C2Cc3ccccc3CN2)o1.Cl. The van der Waals surface area contributed by atoms with Gasteiger partial charge < -0.3 is 15.1 Å². The number of aryl methyl sites for hydroxylation is 1. The summed E-state index contributed by atoms with van der Waals surface area (Å²) >= 11 is 0. The lowest BCUT2D eigenvalue weighted by molar-refractivity contribution is -0.123. The fourth-order valence-electron chi connectivity index (χ4n) is 2.52. The molecule has 0 aliphatic carbocycles. The lowest BCUT2D eigenvalue weighted by Crippen LogP contribution is -2.47. The van der Waals surface area contributed by atoms with Crippen LogP contribution in [-0.2, 0) is 30.7 Å². The van der Waals surface area contributed by atoms with Crippen LogP contribution in [-0.4, -0.2) is 16.9 Å². The second kappa shape index (κ2) is 7.42. The summed E-state index contributed by atoms with van der Waals surface area (Å²) in [6.45, 7) is 3.07. The van der Waals surface area contributed by atoms with Gasteiger partial charge in [0, 0.05) is 13.0 Å². The molecule has 2 aromatic rings. The van der Waals surface area contributed by atoms with Crippen molar-refractivity contribution in [3.05, 3.63) is 53.2 Å². The number of hydrogen-bond donors (Lipinski definition) is 2. The topological polar surface area (TPSA) is 67.2 Å². The van der Waals surface area contributed by atoms with E-state index in [1.807, 2.05) is 19.1 Å². The highest BCUT2D eigenvalue weighted by Crippen LogP contribution is 2.16. The van der Waals surface area contributed by atoms with Gasteiger partial charge in [0.2, 0.25) is 11.8 Å². The van der Waals surface area contributed by atoms with Crippen LogP contribution in [0.2, 0.25) is 0 Å². The van der Waals surface area contributed by atoms with E-state index in [0.717, 1.165) is 18.7 Å². The van der Waals surface area contributed by atoms with Crippen LogP contribution >= 0.6 is 12.4 Å². The molecule has 0 fully saturated rings. The van der Waals surface area contributed by atoms with Crippen molar-refractivity contribution in [3.63, 3.8) is 0 Å². The van der Waals surface area contributed by atoms with Gasteiger partial charge in [-0.2, -0.15) is 0 Å². The van der Waals surface area contributed by atoms with Crippen LogP contribution < -0.4 is 10.6 Å². The third-order valence-corrected chi connectivity index (χ3v) is 3.76. The summed E-state index contributed by atoms with van der Waals surface area (Å²) in [5.41, 5.74) is 2.50. The highest BCUT2D eigenvalue weighted by atomic mass is 35.5. The number of carbonyl (C=O) groups is 1. The van der Waals surface area contributed by atoms with Gasteiger partial charge in [-0.05, 0) is 17.5 Å². The minimum atomic E-state index is -0.194. The van der Waals surface area contributed by atoms with Gasteiger partial charge in [0.05, 0.1) is 18.8 Å². The summed E-state index contributed by atoms with van der Waals surface area (Å²) in [6.07, 6.45) is 3.23. The van der Waals surface area contributed by atoms with Crippen LogP contribution in [0.1, 0.15) is 29.7 Å². The average molecular weight is 322 g/mol. The van der Waals surface area contributed by atoms with Crippen molar-refractivity contribution < 1.29 is 9.21 Å². The second-order valence-corrected chi connectivity index (χ2v) is 5.20. The van der Waals surface area contributed by atoms with Gasteiger partial charge in [0.25, 0.3) is 0 Å². The smallest absolute Gasteiger partial charge is 0.237 e. The van der Waals surface area contributed by atoms with Crippen molar-refractivity contribution in [3.8, 4) is 0 Å². The van der Waals surface area contributed by atoms with E-state index < -0.39 is 0 Å². The largest absolute Gasteiger partial charge is 0.444 e. The van der Waals surface area contributed by atoms with Gasteiger partial charge in [-0.3, -0.25) is 4.79 Å². The summed E-state index contributed by atoms with van der Waals surface area (Å²) in [4.78, 5) is 16.4. The minimum Gasteiger partial charge on any atom is -0.444 e. The summed E-state index contributed by atoms with van der Waals surface area (Å²) in [5.74, 6) is 1.38. The normalized spacial score (nSPS) is 16.5. The number of fused-ring (bicyclic) bond motifs is 1. The summed E-state index contributed by atoms with van der Waals surface area (Å²) < 4.78 is 5.48. The van der Waals surface area contributed by atoms with E-state index in [4.69, 9.17) is 4.42 Å². The maximum Gasteiger partial charge on any atom is 0.237 e. The summed E-state index contributed by atoms with van der Waals surface area (Å²) in [7, 11) is 0. The van der Waals surface area contributed by atoms with Crippen molar-refractivity contribution in [2.45, 2.75) is 38.9 Å². The molecule has 118 valence electrons. The summed E-state index contributed by atoms with van der Waals surface area (Å²) in [6, 6.07) is 8.01. The van der Waals surface area contributed by atoms with E-state index in [1.54, 1.807) is 6.20 Å². The van der Waals surface area contributed by atoms with Crippen LogP contribution in [0.4, 0.5) is 0 Å². The molecule has 22 heavy (non-hydrogen) atoms. The number of amides is 1. The molecule has 0 saturated carbocycles. The number of nitrogens with one attached hydrogen (secondary N) is 2. The Hall–Kier alpha value is -1.85. The zero-order chi connectivity index (χ0) is 14.7. The Morgan fingerprint density at radius 3 is 2.91 bits per heavy atom. The fraction of sp³-hybridized carbons (Fsp3) is 0.375. The third-order valence-electron chi connectivity index (χ3n) is 3.76. The predicted molar refractivity (Wildman–Crippen MR) is 85.7 cm³/mol. The van der Waals surface area contributed by atoms with Crippen molar-refractivity contribution in [1.82, 2.24) is 15.6 Å². The molecule has 1 unspecified atom stereocenters. The number of rotatable bonds is 4. The maximum atomic E-state index is 12.2. The van der Waals surface area contributed by atoms with E-state index in [1.165, 1.54) is 11.1 Å². The number of hydrogen-bond acceptors (Lipinski definition) is 4. The fourth-order valence-corrected chi connectivity index (χ4v) is 2.52. The highest BCUT2D eigenvalue weighted by molar-refractivity contribution is 5.85. The molecule has 1 aliphatic heterocycles. The van der Waals surface area contributed by atoms with Crippen LogP contribution in [0.15, 0.2) is 34.9 Å². The van der Waals surface area contributed by atoms with Gasteiger partial charge in [0.1, 0.15) is 5.76 Å². The Morgan fingerprint density at radius 1 is 1.41 bits per heavy atom. The number of carbonyl (C=O) groups excluding carboxylic acids is 1. The molecule has 2 heterocycles. The molecular weight excluding hydrogens is 302 g/mol. The Kier molecular flexibility index (Phi) is 5.57. The van der Waals surface area contributed by atoms with Crippen LogP contribution in [0.5, 0.6) is 0 Å². The highest BCUT2D eigenvalue weighted by Gasteiger charge is 2.23. The molecule has 3 rings (SSSR count). The molecule has 1 amide bonds. The lowest BCUT2D eigenvalue weighted by atomic mass is 9.95. The van der Waals surface area contributed by atoms with E-state index in [-0.39, 0.29) is 24.4 Å². The second-order valence-electron chi connectivity index (χ2n) is 5.20. The van der Waals surface area contributed by atoms with Gasteiger partial charge >= 0.3 is 0 Å². The van der Waals surface area contributed by atoms with Crippen LogP contribution in [0.25, 0.3) is 0 Å². The molecule has 5 nitrogen and oxygen atoms in total. The molecule has 1 aromatic heterocycles. The molecular formula is C16H20ClN3O2. The van der Waals surface area contributed by atoms with Crippen LogP contribution in [0, 0.1) is 0 Å². The molecule has 0 bridgehead atoms. The average Bonchev–Trinajstić information content (AvgIpc) is 3.00. The maximum absolute atomic E-state index is 12.2. The lowest BCUT2D eigenvalue weighted by Gasteiger charge is -2.25. The summed E-state index contributed by atoms with van der Waals surface area (Å²) in [5, 5.41) is 6.14. The number of oxazole rings is 1. The zero-order valence-corrected chi connectivity index (χ0v) is 13.3. The van der Waals surface area contributed by atoms with Gasteiger partial charge in [0.15, 0.2) is 0 Å². The molecule has 0 radical (unpaired) electrons. The van der Waals surface area contributed by atoms with E-state index >= 15 is 0 Å². The zero-order valence-electron chi connectivity index (χ0n) is 12.5. The Bertz CT molecular complexity index is 642. The number of aromatic nitrogens is 1. The minimum absolute atomic E-state index is 0. The third kappa shape index (κ3) is 3.67. The van der Waals surface area contributed by atoms with E-state index in [9.17, 15) is 4.79 Å². The number of benzene rings is 1. The first-order valence-corrected chi connectivity index (χ1v) is 7.27. The Morgan fingerprint density at radius 2 is 2.18 bits per heavy atom.